The maximum atomic E-state index is 12.1. The summed E-state index contributed by atoms with van der Waals surface area (Å²) in [5, 5.41) is 3.11. The van der Waals surface area contributed by atoms with Gasteiger partial charge in [-0.3, -0.25) is 4.79 Å². The Morgan fingerprint density at radius 1 is 1.00 bits per heavy atom. The minimum atomic E-state index is 0.248. The van der Waals surface area contributed by atoms with E-state index in [1.165, 1.54) is 56.4 Å². The monoisotopic (exact) mass is 286 g/mol. The second-order valence-corrected chi connectivity index (χ2v) is 6.41. The third-order valence-electron chi connectivity index (χ3n) is 4.85. The molecule has 0 aromatic heterocycles. The van der Waals surface area contributed by atoms with E-state index in [1.54, 1.807) is 0 Å². The molecule has 21 heavy (non-hydrogen) atoms. The first-order valence-electron chi connectivity index (χ1n) is 8.44. The first-order valence-corrected chi connectivity index (χ1v) is 8.44. The lowest BCUT2D eigenvalue weighted by Gasteiger charge is -2.21. The highest BCUT2D eigenvalue weighted by atomic mass is 16.1. The molecule has 1 N–H and O–H groups in total. The molecule has 3 nitrogen and oxygen atoms in total. The summed E-state index contributed by atoms with van der Waals surface area (Å²) in [6, 6.07) is 8.67. The van der Waals surface area contributed by atoms with Gasteiger partial charge in [0.1, 0.15) is 0 Å². The lowest BCUT2D eigenvalue weighted by atomic mass is 9.88. The molecule has 0 atom stereocenters. The zero-order chi connectivity index (χ0) is 14.5. The third kappa shape index (κ3) is 3.78. The number of benzene rings is 1. The number of amides is 1. The molecule has 2 aliphatic rings. The largest absolute Gasteiger partial charge is 0.372 e. The quantitative estimate of drug-likeness (QED) is 0.919. The van der Waals surface area contributed by atoms with Crippen LogP contribution in [0.4, 0.5) is 5.69 Å². The van der Waals surface area contributed by atoms with Crippen molar-refractivity contribution >= 4 is 11.6 Å². The van der Waals surface area contributed by atoms with Crippen molar-refractivity contribution in [2.45, 2.75) is 51.5 Å². The van der Waals surface area contributed by atoms with E-state index < -0.39 is 0 Å². The number of carbonyl (C=O) groups is 1. The Labute approximate surface area is 127 Å². The third-order valence-corrected chi connectivity index (χ3v) is 4.85. The van der Waals surface area contributed by atoms with Crippen LogP contribution in [0.15, 0.2) is 24.3 Å². The second-order valence-electron chi connectivity index (χ2n) is 6.41. The molecule has 1 aromatic rings. The summed E-state index contributed by atoms with van der Waals surface area (Å²) in [5.74, 6) is 0.501. The van der Waals surface area contributed by atoms with Gasteiger partial charge in [0.05, 0.1) is 0 Å². The fourth-order valence-corrected chi connectivity index (χ4v) is 3.50. The van der Waals surface area contributed by atoms with Crippen LogP contribution in [0.5, 0.6) is 0 Å². The van der Waals surface area contributed by atoms with Crippen LogP contribution >= 0.6 is 0 Å². The van der Waals surface area contributed by atoms with E-state index in [0.29, 0.717) is 6.54 Å². The Balaban J connectivity index is 1.49. The Bertz CT molecular complexity index is 457. The molecular formula is C18H26N2O. The number of hydrogen-bond donors (Lipinski definition) is 1. The highest BCUT2D eigenvalue weighted by Crippen LogP contribution is 2.24. The Morgan fingerprint density at radius 3 is 2.33 bits per heavy atom. The molecule has 1 heterocycles. The molecule has 3 rings (SSSR count). The zero-order valence-electron chi connectivity index (χ0n) is 12.8. The zero-order valence-corrected chi connectivity index (χ0v) is 12.8. The normalized spacial score (nSPS) is 19.7. The van der Waals surface area contributed by atoms with Gasteiger partial charge in [-0.15, -0.1) is 0 Å². The fourth-order valence-electron chi connectivity index (χ4n) is 3.50. The molecule has 3 heteroatoms. The van der Waals surface area contributed by atoms with Crippen LogP contribution in [-0.2, 0) is 11.3 Å². The van der Waals surface area contributed by atoms with E-state index in [4.69, 9.17) is 0 Å². The first kappa shape index (κ1) is 14.4. The minimum Gasteiger partial charge on any atom is -0.372 e. The van der Waals surface area contributed by atoms with Crippen LogP contribution in [0.1, 0.15) is 50.5 Å². The fraction of sp³-hybridized carbons (Fsp3) is 0.611. The van der Waals surface area contributed by atoms with Crippen LogP contribution in [0.2, 0.25) is 0 Å². The summed E-state index contributed by atoms with van der Waals surface area (Å²) in [7, 11) is 0. The highest BCUT2D eigenvalue weighted by Gasteiger charge is 2.20. The summed E-state index contributed by atoms with van der Waals surface area (Å²) in [4.78, 5) is 14.6. The van der Waals surface area contributed by atoms with Gasteiger partial charge in [-0.05, 0) is 43.4 Å². The second kappa shape index (κ2) is 6.97. The molecule has 2 fully saturated rings. The Morgan fingerprint density at radius 2 is 1.67 bits per heavy atom. The summed E-state index contributed by atoms with van der Waals surface area (Å²) in [6.45, 7) is 3.02. The molecule has 0 radical (unpaired) electrons. The van der Waals surface area contributed by atoms with Gasteiger partial charge in [-0.1, -0.05) is 31.4 Å². The van der Waals surface area contributed by atoms with Crippen molar-refractivity contribution in [1.82, 2.24) is 5.32 Å². The van der Waals surface area contributed by atoms with Gasteiger partial charge in [-0.2, -0.15) is 0 Å². The van der Waals surface area contributed by atoms with Crippen molar-refractivity contribution in [2.75, 3.05) is 18.0 Å². The molecule has 0 unspecified atom stereocenters. The van der Waals surface area contributed by atoms with Gasteiger partial charge in [0, 0.05) is 31.2 Å². The molecule has 1 saturated carbocycles. The average Bonchev–Trinajstić information content (AvgIpc) is 3.08. The molecule has 1 saturated heterocycles. The number of carbonyl (C=O) groups excluding carboxylic acids is 1. The van der Waals surface area contributed by atoms with E-state index in [1.807, 2.05) is 0 Å². The van der Waals surface area contributed by atoms with E-state index in [9.17, 15) is 4.79 Å². The molecule has 1 aliphatic heterocycles. The molecule has 1 aromatic carbocycles. The topological polar surface area (TPSA) is 32.3 Å². The Kier molecular flexibility index (Phi) is 4.79. The predicted octanol–water partition coefficient (Wildman–Crippen LogP) is 3.48. The standard InChI is InChI=1S/C18H26N2O/c21-18(16-6-2-1-3-7-16)19-14-15-8-10-17(11-9-15)20-12-4-5-13-20/h8-11,16H,1-7,12-14H2,(H,19,21). The van der Waals surface area contributed by atoms with Crippen molar-refractivity contribution in [2.24, 2.45) is 5.92 Å². The molecule has 1 amide bonds. The number of anilines is 1. The number of nitrogens with zero attached hydrogens (tertiary/aromatic N) is 1. The van der Waals surface area contributed by atoms with Crippen LogP contribution < -0.4 is 10.2 Å². The molecule has 114 valence electrons. The number of hydrogen-bond acceptors (Lipinski definition) is 2. The maximum Gasteiger partial charge on any atom is 0.223 e. The Hall–Kier alpha value is -1.51. The van der Waals surface area contributed by atoms with Gasteiger partial charge in [0.25, 0.3) is 0 Å². The molecule has 0 spiro atoms. The van der Waals surface area contributed by atoms with Crippen molar-refractivity contribution in [1.29, 1.82) is 0 Å². The van der Waals surface area contributed by atoms with Crippen LogP contribution in [-0.4, -0.2) is 19.0 Å². The van der Waals surface area contributed by atoms with Crippen molar-refractivity contribution < 1.29 is 4.79 Å². The van der Waals surface area contributed by atoms with Crippen molar-refractivity contribution in [3.63, 3.8) is 0 Å². The minimum absolute atomic E-state index is 0.248. The number of nitrogens with one attached hydrogen (secondary N) is 1. The summed E-state index contributed by atoms with van der Waals surface area (Å²) < 4.78 is 0. The maximum absolute atomic E-state index is 12.1. The van der Waals surface area contributed by atoms with Gasteiger partial charge in [0.15, 0.2) is 0 Å². The van der Waals surface area contributed by atoms with Gasteiger partial charge in [-0.25, -0.2) is 0 Å². The van der Waals surface area contributed by atoms with Crippen LogP contribution in [0.25, 0.3) is 0 Å². The molecule has 1 aliphatic carbocycles. The first-order chi connectivity index (χ1) is 10.3. The average molecular weight is 286 g/mol. The van der Waals surface area contributed by atoms with Crippen LogP contribution in [0, 0.1) is 5.92 Å². The smallest absolute Gasteiger partial charge is 0.223 e. The van der Waals surface area contributed by atoms with Crippen molar-refractivity contribution in [3.8, 4) is 0 Å². The van der Waals surface area contributed by atoms with Crippen molar-refractivity contribution in [3.05, 3.63) is 29.8 Å². The SMILES string of the molecule is O=C(NCc1ccc(N2CCCC2)cc1)C1CCCCC1. The predicted molar refractivity (Wildman–Crippen MR) is 86.3 cm³/mol. The highest BCUT2D eigenvalue weighted by molar-refractivity contribution is 5.78. The van der Waals surface area contributed by atoms with Crippen LogP contribution in [0.3, 0.4) is 0 Å². The summed E-state index contributed by atoms with van der Waals surface area (Å²) in [5.41, 5.74) is 2.51. The molecule has 0 bridgehead atoms. The molecular weight excluding hydrogens is 260 g/mol. The van der Waals surface area contributed by atoms with Gasteiger partial charge < -0.3 is 10.2 Å². The van der Waals surface area contributed by atoms with Gasteiger partial charge in [0.2, 0.25) is 5.91 Å². The van der Waals surface area contributed by atoms with E-state index in [0.717, 1.165) is 12.8 Å². The van der Waals surface area contributed by atoms with Gasteiger partial charge >= 0.3 is 0 Å². The summed E-state index contributed by atoms with van der Waals surface area (Å²) in [6.07, 6.45) is 8.46. The van der Waals surface area contributed by atoms with E-state index in [2.05, 4.69) is 34.5 Å². The summed E-state index contributed by atoms with van der Waals surface area (Å²) >= 11 is 0. The van der Waals surface area contributed by atoms with E-state index in [-0.39, 0.29) is 11.8 Å². The van der Waals surface area contributed by atoms with E-state index >= 15 is 0 Å². The lowest BCUT2D eigenvalue weighted by Crippen LogP contribution is -2.31. The number of rotatable bonds is 4. The lowest BCUT2D eigenvalue weighted by molar-refractivity contribution is -0.126.